The molecule has 7 nitrogen and oxygen atoms in total. The quantitative estimate of drug-likeness (QED) is 0.670. The largest absolute Gasteiger partial charge is 0.355 e. The first kappa shape index (κ1) is 11.2. The highest BCUT2D eigenvalue weighted by molar-refractivity contribution is 5.15. The summed E-state index contributed by atoms with van der Waals surface area (Å²) >= 11 is 0. The van der Waals surface area contributed by atoms with Crippen molar-refractivity contribution in [3.63, 3.8) is 0 Å². The van der Waals surface area contributed by atoms with Crippen molar-refractivity contribution in [2.45, 2.75) is 20.3 Å². The highest BCUT2D eigenvalue weighted by Crippen LogP contribution is 1.94. The molecular weight excluding hydrogens is 194 g/mol. The molecule has 0 amide bonds. The highest BCUT2D eigenvalue weighted by atomic mass is 15.5. The van der Waals surface area contributed by atoms with E-state index in [0.717, 1.165) is 12.2 Å². The second-order valence-corrected chi connectivity index (χ2v) is 2.83. The maximum atomic E-state index is 4.03. The lowest BCUT2D eigenvalue weighted by atomic mass is 10.4. The third-order valence-electron chi connectivity index (χ3n) is 1.71. The third-order valence-corrected chi connectivity index (χ3v) is 1.71. The average molecular weight is 209 g/mol. The molecule has 0 saturated carbocycles. The molecule has 15 heavy (non-hydrogen) atoms. The van der Waals surface area contributed by atoms with Gasteiger partial charge in [-0.05, 0) is 18.6 Å². The predicted octanol–water partition coefficient (Wildman–Crippen LogP) is 0.522. The van der Waals surface area contributed by atoms with E-state index < -0.39 is 0 Å². The fraction of sp³-hybridized carbons (Fsp3) is 0.500. The number of hydrogen-bond donors (Lipinski definition) is 3. The summed E-state index contributed by atoms with van der Waals surface area (Å²) in [5.74, 6) is 1.52. The van der Waals surface area contributed by atoms with Crippen molar-refractivity contribution < 1.29 is 0 Å². The minimum atomic E-state index is 0.514. The second kappa shape index (κ2) is 5.74. The fourth-order valence-corrected chi connectivity index (χ4v) is 0.919. The van der Waals surface area contributed by atoms with Gasteiger partial charge in [0.15, 0.2) is 0 Å². The van der Waals surface area contributed by atoms with Crippen LogP contribution >= 0.6 is 0 Å². The van der Waals surface area contributed by atoms with E-state index in [-0.39, 0.29) is 0 Å². The fourth-order valence-electron chi connectivity index (χ4n) is 0.919. The summed E-state index contributed by atoms with van der Waals surface area (Å²) in [6.45, 7) is 4.06. The Balaban J connectivity index is 0.000000151. The van der Waals surface area contributed by atoms with Crippen LogP contribution in [0.15, 0.2) is 6.20 Å². The molecule has 0 aromatic carbocycles. The zero-order valence-corrected chi connectivity index (χ0v) is 9.07. The van der Waals surface area contributed by atoms with Gasteiger partial charge >= 0.3 is 0 Å². The van der Waals surface area contributed by atoms with Crippen molar-refractivity contribution >= 4 is 5.95 Å². The Morgan fingerprint density at radius 3 is 2.53 bits per heavy atom. The Labute approximate surface area is 87.7 Å². The summed E-state index contributed by atoms with van der Waals surface area (Å²) < 4.78 is 0. The molecular formula is C8H15N7. The van der Waals surface area contributed by atoms with E-state index in [1.165, 1.54) is 5.69 Å². The Bertz CT molecular complexity index is 364. The van der Waals surface area contributed by atoms with Gasteiger partial charge in [0.1, 0.15) is 5.82 Å². The smallest absolute Gasteiger partial charge is 0.262 e. The van der Waals surface area contributed by atoms with Crippen LogP contribution in [0.3, 0.4) is 0 Å². The molecule has 0 atom stereocenters. The van der Waals surface area contributed by atoms with E-state index in [9.17, 15) is 0 Å². The molecule has 0 spiro atoms. The summed E-state index contributed by atoms with van der Waals surface area (Å²) in [5, 5.41) is 15.4. The van der Waals surface area contributed by atoms with Gasteiger partial charge in [-0.1, -0.05) is 12.0 Å². The zero-order valence-electron chi connectivity index (χ0n) is 9.07. The number of hydrogen-bond acceptors (Lipinski definition) is 5. The van der Waals surface area contributed by atoms with Crippen LogP contribution in [0, 0.1) is 6.92 Å². The number of nitrogens with zero attached hydrogens (tertiary/aromatic N) is 4. The molecule has 2 aromatic rings. The molecule has 0 aliphatic rings. The van der Waals surface area contributed by atoms with Crippen molar-refractivity contribution in [3.05, 3.63) is 17.7 Å². The van der Waals surface area contributed by atoms with Crippen molar-refractivity contribution in [2.75, 3.05) is 12.4 Å². The second-order valence-electron chi connectivity index (χ2n) is 2.83. The van der Waals surface area contributed by atoms with Crippen LogP contribution in [0.5, 0.6) is 0 Å². The van der Waals surface area contributed by atoms with Gasteiger partial charge in [0.25, 0.3) is 5.95 Å². The average Bonchev–Trinajstić information content (AvgIpc) is 2.88. The van der Waals surface area contributed by atoms with Crippen molar-refractivity contribution in [3.8, 4) is 0 Å². The van der Waals surface area contributed by atoms with Gasteiger partial charge in [-0.2, -0.15) is 5.21 Å². The molecule has 2 rings (SSSR count). The highest BCUT2D eigenvalue weighted by Gasteiger charge is 1.89. The Kier molecular flexibility index (Phi) is 4.27. The lowest BCUT2D eigenvalue weighted by Gasteiger charge is -1.82. The Hall–Kier alpha value is -1.92. The molecule has 82 valence electrons. The first-order valence-corrected chi connectivity index (χ1v) is 4.68. The number of nitrogens with one attached hydrogen (secondary N) is 3. The summed E-state index contributed by atoms with van der Waals surface area (Å²) in [6.07, 6.45) is 2.91. The number of imidazole rings is 1. The maximum Gasteiger partial charge on any atom is 0.262 e. The standard InChI is InChI=1S/C6H10N2.C2H5N5/c1-3-6-4-7-5(2)8-6;1-3-2-4-6-7-5-2/h4H,3H2,1-2H3,(H,7,8);1H3,(H2,3,4,5,6,7). The monoisotopic (exact) mass is 209 g/mol. The lowest BCUT2D eigenvalue weighted by molar-refractivity contribution is 0.881. The van der Waals surface area contributed by atoms with Gasteiger partial charge in [0, 0.05) is 18.9 Å². The van der Waals surface area contributed by atoms with E-state index in [1.54, 1.807) is 7.05 Å². The number of anilines is 1. The molecule has 0 saturated heterocycles. The van der Waals surface area contributed by atoms with Gasteiger partial charge in [-0.15, -0.1) is 5.10 Å². The summed E-state index contributed by atoms with van der Waals surface area (Å²) in [4.78, 5) is 7.15. The summed E-state index contributed by atoms with van der Waals surface area (Å²) in [6, 6.07) is 0. The van der Waals surface area contributed by atoms with Crippen LogP contribution in [-0.2, 0) is 6.42 Å². The first-order chi connectivity index (χ1) is 7.26. The zero-order chi connectivity index (χ0) is 11.1. The van der Waals surface area contributed by atoms with Crippen molar-refractivity contribution in [2.24, 2.45) is 0 Å². The Morgan fingerprint density at radius 2 is 2.27 bits per heavy atom. The number of aromatic nitrogens is 6. The molecule has 0 unspecified atom stereocenters. The first-order valence-electron chi connectivity index (χ1n) is 4.68. The minimum absolute atomic E-state index is 0.514. The van der Waals surface area contributed by atoms with Gasteiger partial charge in [0.2, 0.25) is 0 Å². The van der Waals surface area contributed by atoms with Crippen molar-refractivity contribution in [1.29, 1.82) is 0 Å². The van der Waals surface area contributed by atoms with Gasteiger partial charge < -0.3 is 10.3 Å². The van der Waals surface area contributed by atoms with Gasteiger partial charge in [-0.25, -0.2) is 4.98 Å². The van der Waals surface area contributed by atoms with Gasteiger partial charge in [-0.3, -0.25) is 0 Å². The van der Waals surface area contributed by atoms with E-state index in [1.807, 2.05) is 13.1 Å². The Morgan fingerprint density at radius 1 is 1.47 bits per heavy atom. The topological polar surface area (TPSA) is 95.2 Å². The number of tetrazole rings is 1. The van der Waals surface area contributed by atoms with E-state index in [4.69, 9.17) is 0 Å². The SMILES string of the molecule is CCc1cnc(C)[nH]1.CNc1nn[nH]n1. The van der Waals surface area contributed by atoms with Crippen LogP contribution in [0.25, 0.3) is 0 Å². The summed E-state index contributed by atoms with van der Waals surface area (Å²) in [7, 11) is 1.73. The van der Waals surface area contributed by atoms with E-state index in [0.29, 0.717) is 5.95 Å². The van der Waals surface area contributed by atoms with Crippen LogP contribution in [0.4, 0.5) is 5.95 Å². The number of H-pyrrole nitrogens is 2. The number of rotatable bonds is 2. The lowest BCUT2D eigenvalue weighted by Crippen LogP contribution is -1.88. The normalized spacial score (nSPS) is 9.27. The molecule has 2 aromatic heterocycles. The number of aryl methyl sites for hydroxylation is 2. The molecule has 3 N–H and O–H groups in total. The molecule has 0 fully saturated rings. The molecule has 0 bridgehead atoms. The molecule has 0 aliphatic heterocycles. The summed E-state index contributed by atoms with van der Waals surface area (Å²) in [5.41, 5.74) is 1.21. The van der Waals surface area contributed by atoms with E-state index in [2.05, 4.69) is 42.8 Å². The van der Waals surface area contributed by atoms with E-state index >= 15 is 0 Å². The predicted molar refractivity (Wildman–Crippen MR) is 56.4 cm³/mol. The third kappa shape index (κ3) is 3.75. The van der Waals surface area contributed by atoms with Crippen LogP contribution in [0.1, 0.15) is 18.4 Å². The van der Waals surface area contributed by atoms with Crippen LogP contribution < -0.4 is 5.32 Å². The van der Waals surface area contributed by atoms with Crippen LogP contribution in [0.2, 0.25) is 0 Å². The van der Waals surface area contributed by atoms with Crippen LogP contribution in [-0.4, -0.2) is 37.6 Å². The molecule has 0 radical (unpaired) electrons. The minimum Gasteiger partial charge on any atom is -0.355 e. The van der Waals surface area contributed by atoms with Crippen molar-refractivity contribution in [1.82, 2.24) is 30.6 Å². The maximum absolute atomic E-state index is 4.03. The molecule has 2 heterocycles. The number of aromatic amines is 2. The molecule has 0 aliphatic carbocycles. The van der Waals surface area contributed by atoms with Gasteiger partial charge in [0.05, 0.1) is 0 Å². The molecule has 7 heteroatoms.